The zero-order valence-electron chi connectivity index (χ0n) is 15.8. The number of rotatable bonds is 4. The Bertz CT molecular complexity index is 685. The van der Waals surface area contributed by atoms with Crippen molar-refractivity contribution in [3.63, 3.8) is 0 Å². The van der Waals surface area contributed by atoms with Crippen LogP contribution in [0.5, 0.6) is 0 Å². The van der Waals surface area contributed by atoms with E-state index in [-0.39, 0.29) is 23.2 Å². The van der Waals surface area contributed by atoms with Gasteiger partial charge in [-0.15, -0.1) is 0 Å². The molecular weight excluding hydrogens is 367 g/mol. The average molecular weight is 395 g/mol. The van der Waals surface area contributed by atoms with Crippen molar-refractivity contribution in [3.8, 4) is 0 Å². The fourth-order valence-corrected chi connectivity index (χ4v) is 4.98. The topological polar surface area (TPSA) is 32.8 Å². The van der Waals surface area contributed by atoms with Gasteiger partial charge in [-0.2, -0.15) is 0 Å². The van der Waals surface area contributed by atoms with E-state index < -0.39 is 0 Å². The highest BCUT2D eigenvalue weighted by Crippen LogP contribution is 2.41. The van der Waals surface area contributed by atoms with Crippen molar-refractivity contribution in [1.29, 1.82) is 0 Å². The molecule has 0 saturated carbocycles. The van der Waals surface area contributed by atoms with E-state index in [9.17, 15) is 9.18 Å². The van der Waals surface area contributed by atoms with E-state index in [1.165, 1.54) is 12.1 Å². The number of hydrogen-bond acceptors (Lipinski definition) is 3. The minimum absolute atomic E-state index is 0.222. The molecule has 0 bridgehead atoms. The molecule has 1 aromatic carbocycles. The summed E-state index contributed by atoms with van der Waals surface area (Å²) >= 11 is 6.22. The van der Waals surface area contributed by atoms with Crippen molar-refractivity contribution in [1.82, 2.24) is 9.80 Å². The van der Waals surface area contributed by atoms with Gasteiger partial charge in [-0.3, -0.25) is 9.69 Å². The van der Waals surface area contributed by atoms with Crippen LogP contribution >= 0.6 is 11.6 Å². The number of carbonyl (C=O) groups excluding carboxylic acids is 1. The maximum absolute atomic E-state index is 13.5. The first kappa shape index (κ1) is 19.2. The molecule has 3 aliphatic heterocycles. The fourth-order valence-electron chi connectivity index (χ4n) is 4.80. The molecule has 3 fully saturated rings. The molecule has 0 aliphatic carbocycles. The summed E-state index contributed by atoms with van der Waals surface area (Å²) in [5, 5.41) is 0.627. The summed E-state index contributed by atoms with van der Waals surface area (Å²) in [6, 6.07) is 4.57. The number of nitrogens with zero attached hydrogens (tertiary/aromatic N) is 2. The number of likely N-dealkylation sites (tertiary alicyclic amines) is 2. The first-order valence-electron chi connectivity index (χ1n) is 10.1. The summed E-state index contributed by atoms with van der Waals surface area (Å²) in [4.78, 5) is 16.8. The van der Waals surface area contributed by atoms with E-state index in [0.717, 1.165) is 70.5 Å². The summed E-state index contributed by atoms with van der Waals surface area (Å²) in [5.41, 5.74) is 1.08. The van der Waals surface area contributed by atoms with Crippen LogP contribution in [0.15, 0.2) is 18.2 Å². The van der Waals surface area contributed by atoms with Gasteiger partial charge in [0.15, 0.2) is 0 Å². The Morgan fingerprint density at radius 2 is 2.07 bits per heavy atom. The molecule has 3 heterocycles. The molecule has 3 aliphatic rings. The number of carbonyl (C=O) groups is 1. The van der Waals surface area contributed by atoms with E-state index in [4.69, 9.17) is 16.3 Å². The molecule has 148 valence electrons. The minimum Gasteiger partial charge on any atom is -0.376 e. The van der Waals surface area contributed by atoms with Crippen molar-refractivity contribution in [2.75, 3.05) is 32.8 Å². The van der Waals surface area contributed by atoms with Gasteiger partial charge < -0.3 is 9.64 Å². The van der Waals surface area contributed by atoms with Crippen molar-refractivity contribution in [2.24, 2.45) is 5.41 Å². The number of hydrogen-bond donors (Lipinski definition) is 0. The molecule has 6 heteroatoms. The largest absolute Gasteiger partial charge is 0.376 e. The molecule has 3 saturated heterocycles. The van der Waals surface area contributed by atoms with Gasteiger partial charge in [-0.05, 0) is 74.4 Å². The number of ether oxygens (including phenoxy) is 1. The number of piperidine rings is 2. The zero-order valence-corrected chi connectivity index (χ0v) is 16.5. The van der Waals surface area contributed by atoms with Gasteiger partial charge in [0.1, 0.15) is 5.82 Å². The zero-order chi connectivity index (χ0) is 18.9. The molecule has 0 N–H and O–H groups in total. The van der Waals surface area contributed by atoms with Gasteiger partial charge in [0.2, 0.25) is 5.91 Å². The van der Waals surface area contributed by atoms with Crippen molar-refractivity contribution in [3.05, 3.63) is 34.6 Å². The Morgan fingerprint density at radius 1 is 1.26 bits per heavy atom. The molecule has 0 aromatic heterocycles. The Morgan fingerprint density at radius 3 is 2.81 bits per heavy atom. The first-order chi connectivity index (χ1) is 13.0. The molecule has 1 spiro atoms. The molecule has 4 nitrogen and oxygen atoms in total. The van der Waals surface area contributed by atoms with E-state index in [0.29, 0.717) is 18.0 Å². The smallest absolute Gasteiger partial charge is 0.222 e. The number of amides is 1. The van der Waals surface area contributed by atoms with Gasteiger partial charge in [0, 0.05) is 37.7 Å². The third kappa shape index (κ3) is 4.47. The fraction of sp³-hybridized carbons (Fsp3) is 0.667. The lowest BCUT2D eigenvalue weighted by atomic mass is 9.72. The van der Waals surface area contributed by atoms with Crippen LogP contribution < -0.4 is 0 Å². The number of halogens is 2. The van der Waals surface area contributed by atoms with Gasteiger partial charge in [-0.1, -0.05) is 11.6 Å². The highest BCUT2D eigenvalue weighted by Gasteiger charge is 2.41. The number of benzene rings is 1. The maximum Gasteiger partial charge on any atom is 0.222 e. The third-order valence-corrected chi connectivity index (χ3v) is 6.88. The monoisotopic (exact) mass is 394 g/mol. The van der Waals surface area contributed by atoms with Crippen LogP contribution in [0.3, 0.4) is 0 Å². The first-order valence-corrected chi connectivity index (χ1v) is 10.5. The Balaban J connectivity index is 1.34. The lowest BCUT2D eigenvalue weighted by molar-refractivity contribution is -0.141. The second-order valence-corrected chi connectivity index (χ2v) is 8.83. The van der Waals surface area contributed by atoms with Crippen LogP contribution in [0.2, 0.25) is 5.02 Å². The van der Waals surface area contributed by atoms with Gasteiger partial charge in [0.05, 0.1) is 6.10 Å². The molecule has 0 radical (unpaired) electrons. The summed E-state index contributed by atoms with van der Waals surface area (Å²) in [7, 11) is 0. The van der Waals surface area contributed by atoms with Crippen LogP contribution in [0.4, 0.5) is 4.39 Å². The Hall–Kier alpha value is -1.17. The molecule has 1 amide bonds. The second kappa shape index (κ2) is 8.06. The highest BCUT2D eigenvalue weighted by molar-refractivity contribution is 6.31. The third-order valence-electron chi connectivity index (χ3n) is 6.51. The van der Waals surface area contributed by atoms with Crippen molar-refractivity contribution in [2.45, 2.75) is 51.2 Å². The quantitative estimate of drug-likeness (QED) is 0.777. The Kier molecular flexibility index (Phi) is 5.72. The standard InChI is InChI=1S/C21H28ClFN2O2/c22-19-4-3-17(23)12-16(19)13-24-9-7-21(8-10-24)6-5-20(26)25(15-21)14-18-2-1-11-27-18/h3-4,12,18H,1-2,5-11,13-15H2. The molecule has 1 aromatic rings. The summed E-state index contributed by atoms with van der Waals surface area (Å²) in [6.07, 6.45) is 6.20. The van der Waals surface area contributed by atoms with E-state index >= 15 is 0 Å². The van der Waals surface area contributed by atoms with E-state index in [1.807, 2.05) is 0 Å². The maximum atomic E-state index is 13.5. The summed E-state index contributed by atoms with van der Waals surface area (Å²) in [6.45, 7) is 5.06. The van der Waals surface area contributed by atoms with Crippen molar-refractivity contribution >= 4 is 17.5 Å². The average Bonchev–Trinajstić information content (AvgIpc) is 3.17. The molecular formula is C21H28ClFN2O2. The minimum atomic E-state index is -0.238. The van der Waals surface area contributed by atoms with Crippen LogP contribution in [0.1, 0.15) is 44.1 Å². The predicted molar refractivity (Wildman–Crippen MR) is 103 cm³/mol. The SMILES string of the molecule is O=C1CCC2(CCN(Cc3cc(F)ccc3Cl)CC2)CN1CC1CCCO1. The van der Waals surface area contributed by atoms with Gasteiger partial charge >= 0.3 is 0 Å². The van der Waals surface area contributed by atoms with Crippen LogP contribution in [0.25, 0.3) is 0 Å². The van der Waals surface area contributed by atoms with Gasteiger partial charge in [-0.25, -0.2) is 4.39 Å². The molecule has 1 atom stereocenters. The normalized spacial score (nSPS) is 26.1. The van der Waals surface area contributed by atoms with Gasteiger partial charge in [0.25, 0.3) is 0 Å². The molecule has 4 rings (SSSR count). The van der Waals surface area contributed by atoms with E-state index in [2.05, 4.69) is 9.80 Å². The molecule has 1 unspecified atom stereocenters. The predicted octanol–water partition coefficient (Wildman–Crippen LogP) is 3.86. The van der Waals surface area contributed by atoms with Crippen LogP contribution in [-0.4, -0.2) is 54.6 Å². The summed E-state index contributed by atoms with van der Waals surface area (Å²) < 4.78 is 19.2. The lowest BCUT2D eigenvalue weighted by Crippen LogP contribution is -2.52. The molecule has 27 heavy (non-hydrogen) atoms. The van der Waals surface area contributed by atoms with Crippen molar-refractivity contribution < 1.29 is 13.9 Å². The second-order valence-electron chi connectivity index (χ2n) is 8.42. The van der Waals surface area contributed by atoms with E-state index in [1.54, 1.807) is 6.07 Å². The Labute approximate surface area is 165 Å². The highest BCUT2D eigenvalue weighted by atomic mass is 35.5. The van der Waals surface area contributed by atoms with Crippen LogP contribution in [-0.2, 0) is 16.1 Å². The summed E-state index contributed by atoms with van der Waals surface area (Å²) in [5.74, 6) is 0.0449. The lowest BCUT2D eigenvalue weighted by Gasteiger charge is -2.48. The van der Waals surface area contributed by atoms with Crippen LogP contribution in [0, 0.1) is 11.2 Å².